The number of aryl methyl sites for hydroxylation is 1. The molecule has 2 rings (SSSR count). The Balaban J connectivity index is 2.81. The Kier molecular flexibility index (Phi) is 1.69. The van der Waals surface area contributed by atoms with E-state index in [0.29, 0.717) is 17.6 Å². The molecule has 0 aliphatic heterocycles. The Hall–Kier alpha value is -1.58. The predicted molar refractivity (Wildman–Crippen MR) is 46.5 cm³/mol. The van der Waals surface area contributed by atoms with Crippen LogP contribution < -0.4 is 4.73 Å². The van der Waals surface area contributed by atoms with Crippen molar-refractivity contribution >= 4 is 11.0 Å². The van der Waals surface area contributed by atoms with Crippen LogP contribution in [0.2, 0.25) is 0 Å². The highest BCUT2D eigenvalue weighted by Crippen LogP contribution is 2.12. The molecule has 2 aromatic rings. The summed E-state index contributed by atoms with van der Waals surface area (Å²) in [4.78, 5) is 0. The molecule has 0 spiro atoms. The molecule has 0 atom stereocenters. The number of fused-ring (bicyclic) bond motifs is 1. The first kappa shape index (κ1) is 8.04. The van der Waals surface area contributed by atoms with Gasteiger partial charge in [-0.15, -0.1) is 0 Å². The molecule has 0 saturated heterocycles. The molecule has 13 heavy (non-hydrogen) atoms. The van der Waals surface area contributed by atoms with Gasteiger partial charge in [-0.25, -0.2) is 13.7 Å². The molecule has 0 fully saturated rings. The largest absolute Gasteiger partial charge is 0.710 e. The van der Waals surface area contributed by atoms with Crippen molar-refractivity contribution in [1.82, 2.24) is 4.57 Å². The molecule has 1 aromatic carbocycles. The third-order valence-corrected chi connectivity index (χ3v) is 2.07. The van der Waals surface area contributed by atoms with Crippen LogP contribution in [0, 0.1) is 11.0 Å². The third kappa shape index (κ3) is 1.14. The number of aromatic nitrogens is 2. The molecule has 0 N–H and O–H groups in total. The molecule has 0 radical (unpaired) electrons. The summed E-state index contributed by atoms with van der Waals surface area (Å²) in [6.45, 7) is 2.57. The minimum absolute atomic E-state index is 0.319. The van der Waals surface area contributed by atoms with Crippen molar-refractivity contribution in [3.63, 3.8) is 0 Å². The van der Waals surface area contributed by atoms with Crippen molar-refractivity contribution in [3.05, 3.63) is 35.6 Å². The summed E-state index contributed by atoms with van der Waals surface area (Å²) in [5, 5.41) is 11.2. The zero-order valence-electron chi connectivity index (χ0n) is 7.20. The summed E-state index contributed by atoms with van der Waals surface area (Å²) in [5.74, 6) is -0.319. The first-order chi connectivity index (χ1) is 6.22. The molecule has 0 bridgehead atoms. The lowest BCUT2D eigenvalue weighted by atomic mass is 10.3. The normalized spacial score (nSPS) is 10.9. The van der Waals surface area contributed by atoms with E-state index in [4.69, 9.17) is 0 Å². The summed E-state index contributed by atoms with van der Waals surface area (Å²) >= 11 is 0. The Morgan fingerprint density at radius 3 is 3.00 bits per heavy atom. The van der Waals surface area contributed by atoms with Crippen LogP contribution in [0.15, 0.2) is 24.5 Å². The SMILES string of the molecule is CCn1c[n+]([O-])c2ccc(F)cc21. The Bertz CT molecular complexity index is 450. The highest BCUT2D eigenvalue weighted by atomic mass is 19.1. The summed E-state index contributed by atoms with van der Waals surface area (Å²) in [6, 6.07) is 4.15. The van der Waals surface area contributed by atoms with Crippen LogP contribution in [0.5, 0.6) is 0 Å². The fourth-order valence-corrected chi connectivity index (χ4v) is 1.42. The second kappa shape index (κ2) is 2.73. The summed E-state index contributed by atoms with van der Waals surface area (Å²) in [7, 11) is 0. The van der Waals surface area contributed by atoms with E-state index < -0.39 is 0 Å². The number of hydrogen-bond donors (Lipinski definition) is 0. The molecular weight excluding hydrogens is 171 g/mol. The minimum atomic E-state index is -0.319. The third-order valence-electron chi connectivity index (χ3n) is 2.07. The molecule has 0 saturated carbocycles. The average molecular weight is 180 g/mol. The zero-order chi connectivity index (χ0) is 9.42. The first-order valence-electron chi connectivity index (χ1n) is 4.10. The van der Waals surface area contributed by atoms with Gasteiger partial charge in [0, 0.05) is 6.07 Å². The Labute approximate surface area is 74.6 Å². The standard InChI is InChI=1S/C9H9FN2O/c1-2-11-6-12(13)8-4-3-7(10)5-9(8)11/h3-6H,2H2,1H3. The first-order valence-corrected chi connectivity index (χ1v) is 4.10. The lowest BCUT2D eigenvalue weighted by Gasteiger charge is -1.94. The molecular formula is C9H9FN2O. The maximum atomic E-state index is 12.8. The minimum Gasteiger partial charge on any atom is -0.710 e. The monoisotopic (exact) mass is 180 g/mol. The molecule has 0 aliphatic carbocycles. The number of hydrogen-bond acceptors (Lipinski definition) is 1. The highest BCUT2D eigenvalue weighted by molar-refractivity contribution is 5.71. The number of imidazole rings is 1. The molecule has 68 valence electrons. The maximum Gasteiger partial charge on any atom is 0.247 e. The van der Waals surface area contributed by atoms with E-state index in [0.717, 1.165) is 4.73 Å². The number of rotatable bonds is 1. The van der Waals surface area contributed by atoms with Crippen LogP contribution >= 0.6 is 0 Å². The molecule has 4 heteroatoms. The lowest BCUT2D eigenvalue weighted by Crippen LogP contribution is -2.23. The van der Waals surface area contributed by atoms with Crippen LogP contribution in [-0.4, -0.2) is 4.57 Å². The van der Waals surface area contributed by atoms with E-state index >= 15 is 0 Å². The fourth-order valence-electron chi connectivity index (χ4n) is 1.42. The van der Waals surface area contributed by atoms with Gasteiger partial charge < -0.3 is 5.21 Å². The van der Waals surface area contributed by atoms with Crippen molar-refractivity contribution in [2.45, 2.75) is 13.5 Å². The maximum absolute atomic E-state index is 12.8. The van der Waals surface area contributed by atoms with E-state index in [1.165, 1.54) is 24.5 Å². The molecule has 0 amide bonds. The van der Waals surface area contributed by atoms with E-state index in [1.807, 2.05) is 6.92 Å². The van der Waals surface area contributed by atoms with Crippen molar-refractivity contribution in [3.8, 4) is 0 Å². The van der Waals surface area contributed by atoms with E-state index in [1.54, 1.807) is 4.57 Å². The van der Waals surface area contributed by atoms with Gasteiger partial charge in [0.05, 0.1) is 6.54 Å². The van der Waals surface area contributed by atoms with Crippen molar-refractivity contribution in [2.24, 2.45) is 0 Å². The smallest absolute Gasteiger partial charge is 0.247 e. The Morgan fingerprint density at radius 2 is 2.31 bits per heavy atom. The predicted octanol–water partition coefficient (Wildman–Crippen LogP) is 1.43. The van der Waals surface area contributed by atoms with Gasteiger partial charge in [-0.1, -0.05) is 0 Å². The van der Waals surface area contributed by atoms with Crippen LogP contribution in [0.25, 0.3) is 11.0 Å². The lowest BCUT2D eigenvalue weighted by molar-refractivity contribution is -0.578. The highest BCUT2D eigenvalue weighted by Gasteiger charge is 2.10. The molecule has 1 heterocycles. The van der Waals surface area contributed by atoms with Gasteiger partial charge in [0.15, 0.2) is 11.0 Å². The van der Waals surface area contributed by atoms with E-state index in [9.17, 15) is 9.60 Å². The second-order valence-electron chi connectivity index (χ2n) is 2.86. The van der Waals surface area contributed by atoms with E-state index in [-0.39, 0.29) is 5.82 Å². The van der Waals surface area contributed by atoms with Gasteiger partial charge >= 0.3 is 0 Å². The van der Waals surface area contributed by atoms with Crippen molar-refractivity contribution in [2.75, 3.05) is 0 Å². The fraction of sp³-hybridized carbons (Fsp3) is 0.222. The van der Waals surface area contributed by atoms with Crippen molar-refractivity contribution in [1.29, 1.82) is 0 Å². The van der Waals surface area contributed by atoms with Crippen LogP contribution in [0.3, 0.4) is 0 Å². The van der Waals surface area contributed by atoms with Gasteiger partial charge in [-0.05, 0) is 19.1 Å². The summed E-state index contributed by atoms with van der Waals surface area (Å²) < 4.78 is 15.3. The van der Waals surface area contributed by atoms with Gasteiger partial charge in [-0.3, -0.25) is 0 Å². The number of nitrogens with zero attached hydrogens (tertiary/aromatic N) is 2. The average Bonchev–Trinajstić information content (AvgIpc) is 2.42. The second-order valence-corrected chi connectivity index (χ2v) is 2.86. The number of halogens is 1. The topological polar surface area (TPSA) is 31.9 Å². The number of benzene rings is 1. The summed E-state index contributed by atoms with van der Waals surface area (Å²) in [5.41, 5.74) is 1.14. The van der Waals surface area contributed by atoms with Crippen LogP contribution in [-0.2, 0) is 6.54 Å². The van der Waals surface area contributed by atoms with E-state index in [2.05, 4.69) is 0 Å². The van der Waals surface area contributed by atoms with Crippen LogP contribution in [0.4, 0.5) is 4.39 Å². The summed E-state index contributed by atoms with van der Waals surface area (Å²) in [6.07, 6.45) is 1.42. The quantitative estimate of drug-likeness (QED) is 0.482. The molecule has 0 aliphatic rings. The molecule has 3 nitrogen and oxygen atoms in total. The Morgan fingerprint density at radius 1 is 1.54 bits per heavy atom. The van der Waals surface area contributed by atoms with Gasteiger partial charge in [0.2, 0.25) is 6.33 Å². The van der Waals surface area contributed by atoms with Crippen LogP contribution in [0.1, 0.15) is 6.92 Å². The van der Waals surface area contributed by atoms with Crippen molar-refractivity contribution < 1.29 is 9.12 Å². The zero-order valence-corrected chi connectivity index (χ0v) is 7.20. The molecule has 1 aromatic heterocycles. The molecule has 0 unspecified atom stereocenters. The van der Waals surface area contributed by atoms with Gasteiger partial charge in [0.1, 0.15) is 5.82 Å². The van der Waals surface area contributed by atoms with Gasteiger partial charge in [-0.2, -0.15) is 0 Å². The van der Waals surface area contributed by atoms with Gasteiger partial charge in [0.25, 0.3) is 0 Å².